The molecule has 0 aromatic carbocycles. The van der Waals surface area contributed by atoms with Crippen molar-refractivity contribution < 1.29 is 14.6 Å². The summed E-state index contributed by atoms with van der Waals surface area (Å²) < 4.78 is 5.42. The molecule has 0 heterocycles. The number of carbonyl (C=O) groups is 1. The fraction of sp³-hybridized carbons (Fsp3) is 0.917. The van der Waals surface area contributed by atoms with Crippen molar-refractivity contribution in [2.75, 3.05) is 6.61 Å². The van der Waals surface area contributed by atoms with Crippen LogP contribution < -0.4 is 5.32 Å². The topological polar surface area (TPSA) is 58.6 Å². The molecular weight excluding hydrogens is 206 g/mol. The minimum absolute atomic E-state index is 0.215. The predicted molar refractivity (Wildman–Crippen MR) is 62.5 cm³/mol. The maximum absolute atomic E-state index is 11.2. The summed E-state index contributed by atoms with van der Waals surface area (Å²) in [5.41, 5.74) is -0.790. The van der Waals surface area contributed by atoms with E-state index in [-0.39, 0.29) is 6.10 Å². The number of ether oxygens (including phenoxy) is 1. The van der Waals surface area contributed by atoms with Crippen LogP contribution in [0.2, 0.25) is 0 Å². The normalized spacial score (nSPS) is 19.8. The first kappa shape index (κ1) is 13.5. The van der Waals surface area contributed by atoms with E-state index in [4.69, 9.17) is 4.74 Å². The first-order chi connectivity index (χ1) is 7.44. The molecule has 1 atom stereocenters. The van der Waals surface area contributed by atoms with Gasteiger partial charge >= 0.3 is 5.97 Å². The van der Waals surface area contributed by atoms with Crippen LogP contribution in [-0.4, -0.2) is 35.4 Å². The molecule has 0 aromatic heterocycles. The van der Waals surface area contributed by atoms with Crippen molar-refractivity contribution in [1.29, 1.82) is 0 Å². The monoisotopic (exact) mass is 229 g/mol. The van der Waals surface area contributed by atoms with Gasteiger partial charge in [-0.05, 0) is 46.5 Å². The smallest absolute Gasteiger partial charge is 0.323 e. The van der Waals surface area contributed by atoms with Crippen LogP contribution in [0.5, 0.6) is 0 Å². The van der Waals surface area contributed by atoms with Crippen LogP contribution in [0, 0.1) is 0 Å². The molecule has 0 bridgehead atoms. The number of hydrogen-bond donors (Lipinski definition) is 2. The Morgan fingerprint density at radius 1 is 1.56 bits per heavy atom. The molecule has 0 radical (unpaired) electrons. The summed E-state index contributed by atoms with van der Waals surface area (Å²) in [6, 6.07) is 0.409. The van der Waals surface area contributed by atoms with Crippen LogP contribution in [0.3, 0.4) is 0 Å². The molecule has 1 fully saturated rings. The van der Waals surface area contributed by atoms with Crippen molar-refractivity contribution >= 4 is 5.97 Å². The van der Waals surface area contributed by atoms with Gasteiger partial charge in [0.25, 0.3) is 0 Å². The highest BCUT2D eigenvalue weighted by Crippen LogP contribution is 2.25. The maximum Gasteiger partial charge on any atom is 0.323 e. The minimum Gasteiger partial charge on any atom is -0.480 e. The zero-order valence-electron chi connectivity index (χ0n) is 10.5. The van der Waals surface area contributed by atoms with Crippen molar-refractivity contribution in [2.24, 2.45) is 0 Å². The van der Waals surface area contributed by atoms with E-state index in [0.717, 1.165) is 19.3 Å². The van der Waals surface area contributed by atoms with Crippen LogP contribution in [0.4, 0.5) is 0 Å². The second-order valence-corrected chi connectivity index (χ2v) is 5.08. The Labute approximate surface area is 97.4 Å². The molecule has 0 saturated heterocycles. The fourth-order valence-electron chi connectivity index (χ4n) is 1.66. The van der Waals surface area contributed by atoms with E-state index in [1.165, 1.54) is 0 Å². The average molecular weight is 229 g/mol. The quantitative estimate of drug-likeness (QED) is 0.623. The summed E-state index contributed by atoms with van der Waals surface area (Å²) in [7, 11) is 0. The van der Waals surface area contributed by atoms with Gasteiger partial charge in [-0.2, -0.15) is 0 Å². The molecule has 1 rings (SSSR count). The molecule has 0 aromatic rings. The van der Waals surface area contributed by atoms with Crippen molar-refractivity contribution in [1.82, 2.24) is 5.32 Å². The number of aliphatic carboxylic acids is 1. The van der Waals surface area contributed by atoms with Gasteiger partial charge in [0.05, 0.1) is 6.10 Å². The third kappa shape index (κ3) is 4.49. The van der Waals surface area contributed by atoms with Crippen molar-refractivity contribution in [3.8, 4) is 0 Å². The number of rotatable bonds is 8. The summed E-state index contributed by atoms with van der Waals surface area (Å²) in [5, 5.41) is 12.4. The van der Waals surface area contributed by atoms with E-state index >= 15 is 0 Å². The Hall–Kier alpha value is -0.610. The molecule has 16 heavy (non-hydrogen) atoms. The van der Waals surface area contributed by atoms with Gasteiger partial charge in [0.2, 0.25) is 0 Å². The fourth-order valence-corrected chi connectivity index (χ4v) is 1.66. The van der Waals surface area contributed by atoms with Crippen LogP contribution in [0.1, 0.15) is 46.5 Å². The first-order valence-corrected chi connectivity index (χ1v) is 6.07. The Morgan fingerprint density at radius 3 is 2.62 bits per heavy atom. The van der Waals surface area contributed by atoms with E-state index in [0.29, 0.717) is 19.1 Å². The minimum atomic E-state index is -0.790. The summed E-state index contributed by atoms with van der Waals surface area (Å²) >= 11 is 0. The molecule has 94 valence electrons. The second-order valence-electron chi connectivity index (χ2n) is 5.08. The van der Waals surface area contributed by atoms with Crippen LogP contribution in [-0.2, 0) is 9.53 Å². The third-order valence-corrected chi connectivity index (χ3v) is 2.84. The van der Waals surface area contributed by atoms with Crippen molar-refractivity contribution in [2.45, 2.75) is 64.1 Å². The maximum atomic E-state index is 11.2. The lowest BCUT2D eigenvalue weighted by Crippen LogP contribution is -2.50. The summed E-state index contributed by atoms with van der Waals surface area (Å²) in [5.74, 6) is -0.760. The molecule has 2 N–H and O–H groups in total. The second kappa shape index (κ2) is 5.64. The molecular formula is C12H23NO3. The molecule has 4 heteroatoms. The number of hydrogen-bond acceptors (Lipinski definition) is 3. The molecule has 1 saturated carbocycles. The highest BCUT2D eigenvalue weighted by molar-refractivity contribution is 5.78. The Bertz CT molecular complexity index is 238. The van der Waals surface area contributed by atoms with Gasteiger partial charge in [-0.1, -0.05) is 0 Å². The Kier molecular flexibility index (Phi) is 4.74. The van der Waals surface area contributed by atoms with Gasteiger partial charge in [0.1, 0.15) is 5.54 Å². The van der Waals surface area contributed by atoms with Crippen LogP contribution >= 0.6 is 0 Å². The average Bonchev–Trinajstić information content (AvgIpc) is 2.96. The zero-order valence-corrected chi connectivity index (χ0v) is 10.5. The number of carboxylic acids is 1. The number of carboxylic acid groups (broad SMARTS) is 1. The lowest BCUT2D eigenvalue weighted by molar-refractivity contribution is -0.144. The summed E-state index contributed by atoms with van der Waals surface area (Å²) in [4.78, 5) is 11.2. The molecule has 4 nitrogen and oxygen atoms in total. The summed E-state index contributed by atoms with van der Waals surface area (Å²) in [6.07, 6.45) is 3.82. The van der Waals surface area contributed by atoms with Gasteiger partial charge in [0, 0.05) is 12.6 Å². The van der Waals surface area contributed by atoms with Crippen molar-refractivity contribution in [3.63, 3.8) is 0 Å². The van der Waals surface area contributed by atoms with Gasteiger partial charge in [-0.15, -0.1) is 0 Å². The zero-order chi connectivity index (χ0) is 12.2. The molecule has 0 aliphatic heterocycles. The highest BCUT2D eigenvalue weighted by atomic mass is 16.5. The van der Waals surface area contributed by atoms with E-state index in [1.807, 2.05) is 13.8 Å². The van der Waals surface area contributed by atoms with E-state index in [2.05, 4.69) is 5.32 Å². The first-order valence-electron chi connectivity index (χ1n) is 6.07. The van der Waals surface area contributed by atoms with Crippen LogP contribution in [0.15, 0.2) is 0 Å². The highest BCUT2D eigenvalue weighted by Gasteiger charge is 2.37. The van der Waals surface area contributed by atoms with Gasteiger partial charge in [0.15, 0.2) is 0 Å². The standard InChI is InChI=1S/C12H23NO3/c1-9(2)16-8-4-7-12(3,11(14)15)13-10-5-6-10/h9-10,13H,4-8H2,1-3H3,(H,14,15). The number of nitrogens with one attached hydrogen (secondary N) is 1. The van der Waals surface area contributed by atoms with Crippen molar-refractivity contribution in [3.05, 3.63) is 0 Å². The van der Waals surface area contributed by atoms with Gasteiger partial charge < -0.3 is 9.84 Å². The largest absolute Gasteiger partial charge is 0.480 e. The molecule has 0 amide bonds. The SMILES string of the molecule is CC(C)OCCCC(C)(NC1CC1)C(=O)O. The van der Waals surface area contributed by atoms with Gasteiger partial charge in [-0.25, -0.2) is 0 Å². The molecule has 1 aliphatic rings. The summed E-state index contributed by atoms with van der Waals surface area (Å²) in [6.45, 7) is 6.37. The van der Waals surface area contributed by atoms with E-state index in [1.54, 1.807) is 6.92 Å². The Morgan fingerprint density at radius 2 is 2.19 bits per heavy atom. The molecule has 1 aliphatic carbocycles. The Balaban J connectivity index is 2.29. The lowest BCUT2D eigenvalue weighted by atomic mass is 9.96. The molecule has 0 spiro atoms. The van der Waals surface area contributed by atoms with E-state index < -0.39 is 11.5 Å². The molecule has 1 unspecified atom stereocenters. The van der Waals surface area contributed by atoms with Gasteiger partial charge in [-0.3, -0.25) is 10.1 Å². The van der Waals surface area contributed by atoms with Crippen LogP contribution in [0.25, 0.3) is 0 Å². The predicted octanol–water partition coefficient (Wildman–Crippen LogP) is 1.79. The third-order valence-electron chi connectivity index (χ3n) is 2.84. The van der Waals surface area contributed by atoms with E-state index in [9.17, 15) is 9.90 Å². The lowest BCUT2D eigenvalue weighted by Gasteiger charge is -2.26.